The zero-order valence-corrected chi connectivity index (χ0v) is 17.6. The number of nitrogens with zero attached hydrogens (tertiary/aromatic N) is 3. The topological polar surface area (TPSA) is 53.9 Å². The third-order valence-electron chi connectivity index (χ3n) is 5.17. The van der Waals surface area contributed by atoms with Gasteiger partial charge in [-0.25, -0.2) is 14.4 Å². The fourth-order valence-corrected chi connectivity index (χ4v) is 3.45. The van der Waals surface area contributed by atoms with Gasteiger partial charge in [0, 0.05) is 18.0 Å². The summed E-state index contributed by atoms with van der Waals surface area (Å²) in [4.78, 5) is 16.3. The fraction of sp³-hybridized carbons (Fsp3) is 0.115. The number of aromatic amines is 1. The number of hydrogen-bond acceptors (Lipinski definition) is 3. The van der Waals surface area contributed by atoms with Gasteiger partial charge in [0.2, 0.25) is 0 Å². The van der Waals surface area contributed by atoms with Gasteiger partial charge in [0.25, 0.3) is 0 Å². The number of halogens is 1. The second-order valence-electron chi connectivity index (χ2n) is 7.25. The Balaban J connectivity index is 1.79. The van der Waals surface area contributed by atoms with Gasteiger partial charge in [0.05, 0.1) is 29.1 Å². The molecule has 3 aromatic rings. The first kappa shape index (κ1) is 20.4. The predicted octanol–water partition coefficient (Wildman–Crippen LogP) is 4.64. The summed E-state index contributed by atoms with van der Waals surface area (Å²) in [6.45, 7) is 7.86. The molecule has 1 aliphatic heterocycles. The van der Waals surface area contributed by atoms with Crippen LogP contribution in [-0.2, 0) is 0 Å². The molecule has 1 aromatic carbocycles. The number of allylic oxidation sites excluding steroid dienone is 5. The summed E-state index contributed by atoms with van der Waals surface area (Å²) in [6.07, 6.45) is 14.5. The Kier molecular flexibility index (Phi) is 5.85. The highest BCUT2D eigenvalue weighted by Crippen LogP contribution is 2.27. The highest BCUT2D eigenvalue weighted by atomic mass is 19.1. The van der Waals surface area contributed by atoms with Crippen LogP contribution in [0, 0.1) is 12.7 Å². The molecule has 1 aliphatic rings. The SMILES string of the molecule is C=c1ccc(-c2nc[nH]c2-c2ccc(F)c(C)n2)c/c1=C/C(=C\C)C1=CCC=CN=C1. The minimum absolute atomic E-state index is 0.325. The van der Waals surface area contributed by atoms with E-state index in [1.165, 1.54) is 6.07 Å². The summed E-state index contributed by atoms with van der Waals surface area (Å²) < 4.78 is 13.7. The fourth-order valence-electron chi connectivity index (χ4n) is 3.45. The monoisotopic (exact) mass is 410 g/mol. The number of pyridine rings is 1. The van der Waals surface area contributed by atoms with Crippen molar-refractivity contribution in [3.8, 4) is 22.6 Å². The first-order valence-corrected chi connectivity index (χ1v) is 10.1. The summed E-state index contributed by atoms with van der Waals surface area (Å²) >= 11 is 0. The van der Waals surface area contributed by atoms with E-state index in [1.54, 1.807) is 19.3 Å². The molecular weight excluding hydrogens is 387 g/mol. The molecule has 0 radical (unpaired) electrons. The number of imidazole rings is 1. The summed E-state index contributed by atoms with van der Waals surface area (Å²) in [5, 5.41) is 1.91. The smallest absolute Gasteiger partial charge is 0.144 e. The molecule has 0 saturated carbocycles. The molecule has 0 unspecified atom stereocenters. The van der Waals surface area contributed by atoms with E-state index in [4.69, 9.17) is 0 Å². The molecule has 154 valence electrons. The minimum Gasteiger partial charge on any atom is -0.343 e. The second kappa shape index (κ2) is 8.88. The van der Waals surface area contributed by atoms with E-state index in [0.717, 1.165) is 45.0 Å². The number of H-pyrrole nitrogens is 1. The van der Waals surface area contributed by atoms with Crippen molar-refractivity contribution in [3.05, 3.63) is 94.2 Å². The van der Waals surface area contributed by atoms with Crippen molar-refractivity contribution in [2.45, 2.75) is 20.3 Å². The van der Waals surface area contributed by atoms with Crippen molar-refractivity contribution in [1.82, 2.24) is 15.0 Å². The van der Waals surface area contributed by atoms with Gasteiger partial charge >= 0.3 is 0 Å². The zero-order valence-electron chi connectivity index (χ0n) is 17.6. The van der Waals surface area contributed by atoms with E-state index < -0.39 is 0 Å². The number of hydrogen-bond donors (Lipinski definition) is 1. The molecule has 4 nitrogen and oxygen atoms in total. The Bertz CT molecular complexity index is 1360. The van der Waals surface area contributed by atoms with Crippen LogP contribution in [0.25, 0.3) is 35.3 Å². The largest absolute Gasteiger partial charge is 0.343 e. The lowest BCUT2D eigenvalue weighted by atomic mass is 10.0. The molecule has 0 saturated heterocycles. The molecule has 4 rings (SSSR count). The molecule has 3 heterocycles. The number of benzene rings is 1. The van der Waals surface area contributed by atoms with Crippen molar-refractivity contribution in [2.75, 3.05) is 0 Å². The average Bonchev–Trinajstić information content (AvgIpc) is 3.10. The highest BCUT2D eigenvalue weighted by molar-refractivity contribution is 5.90. The standard InChI is InChI=1S/C26H23FN4/c1-4-19(21-7-5-6-12-28-15-21)13-22-14-20(9-8-17(22)2)25-26(30-16-29-25)24-11-10-23(27)18(3)31-24/h4,6-16H,2,5H2,1,3H3,(H,29,30)/b19-4+,22-13-. The van der Waals surface area contributed by atoms with Gasteiger partial charge in [0.1, 0.15) is 5.82 Å². The lowest BCUT2D eigenvalue weighted by Crippen LogP contribution is -2.23. The van der Waals surface area contributed by atoms with Gasteiger partial charge < -0.3 is 4.98 Å². The summed E-state index contributed by atoms with van der Waals surface area (Å²) in [5.74, 6) is -0.325. The van der Waals surface area contributed by atoms with Crippen LogP contribution in [0.15, 0.2) is 77.2 Å². The Labute approximate surface area is 180 Å². The third kappa shape index (κ3) is 4.36. The summed E-state index contributed by atoms with van der Waals surface area (Å²) in [6, 6.07) is 9.12. The molecule has 0 aliphatic carbocycles. The van der Waals surface area contributed by atoms with E-state index in [0.29, 0.717) is 11.4 Å². The molecule has 5 heteroatoms. The first-order chi connectivity index (χ1) is 15.1. The number of aryl methyl sites for hydroxylation is 1. The maximum Gasteiger partial charge on any atom is 0.144 e. The van der Waals surface area contributed by atoms with Crippen molar-refractivity contribution in [2.24, 2.45) is 4.99 Å². The third-order valence-corrected chi connectivity index (χ3v) is 5.17. The molecule has 31 heavy (non-hydrogen) atoms. The van der Waals surface area contributed by atoms with Crippen molar-refractivity contribution in [1.29, 1.82) is 0 Å². The van der Waals surface area contributed by atoms with Crippen LogP contribution in [0.2, 0.25) is 0 Å². The van der Waals surface area contributed by atoms with Gasteiger partial charge in [0.15, 0.2) is 0 Å². The normalized spacial score (nSPS) is 14.6. The second-order valence-corrected chi connectivity index (χ2v) is 7.25. The lowest BCUT2D eigenvalue weighted by molar-refractivity contribution is 0.610. The molecule has 0 amide bonds. The Morgan fingerprint density at radius 2 is 2.10 bits per heavy atom. The van der Waals surface area contributed by atoms with E-state index in [2.05, 4.69) is 50.8 Å². The van der Waals surface area contributed by atoms with Crippen LogP contribution >= 0.6 is 0 Å². The van der Waals surface area contributed by atoms with Crippen LogP contribution in [0.4, 0.5) is 4.39 Å². The molecule has 0 fully saturated rings. The molecule has 0 spiro atoms. The molecule has 0 atom stereocenters. The van der Waals surface area contributed by atoms with Gasteiger partial charge in [-0.2, -0.15) is 0 Å². The van der Waals surface area contributed by atoms with Gasteiger partial charge in [-0.15, -0.1) is 0 Å². The average molecular weight is 410 g/mol. The van der Waals surface area contributed by atoms with Crippen LogP contribution in [0.5, 0.6) is 0 Å². The maximum atomic E-state index is 13.7. The van der Waals surface area contributed by atoms with E-state index in [9.17, 15) is 4.39 Å². The minimum atomic E-state index is -0.325. The molecule has 1 N–H and O–H groups in total. The van der Waals surface area contributed by atoms with Crippen LogP contribution in [0.1, 0.15) is 19.0 Å². The molecule has 0 bridgehead atoms. The number of rotatable bonds is 4. The Morgan fingerprint density at radius 3 is 2.90 bits per heavy atom. The maximum absolute atomic E-state index is 13.7. The highest BCUT2D eigenvalue weighted by Gasteiger charge is 2.13. The summed E-state index contributed by atoms with van der Waals surface area (Å²) in [5.41, 5.74) is 5.59. The Morgan fingerprint density at radius 1 is 1.23 bits per heavy atom. The summed E-state index contributed by atoms with van der Waals surface area (Å²) in [7, 11) is 0. The Hall–Kier alpha value is -3.86. The van der Waals surface area contributed by atoms with Crippen molar-refractivity contribution >= 4 is 18.9 Å². The molecule has 2 aromatic heterocycles. The first-order valence-electron chi connectivity index (χ1n) is 10.1. The van der Waals surface area contributed by atoms with Crippen molar-refractivity contribution < 1.29 is 4.39 Å². The lowest BCUT2D eigenvalue weighted by Gasteiger charge is -2.06. The van der Waals surface area contributed by atoms with E-state index in [1.807, 2.05) is 37.5 Å². The van der Waals surface area contributed by atoms with E-state index >= 15 is 0 Å². The number of aromatic nitrogens is 3. The number of nitrogens with one attached hydrogen (secondary N) is 1. The quantitative estimate of drug-likeness (QED) is 0.681. The van der Waals surface area contributed by atoms with Gasteiger partial charge in [-0.05, 0) is 66.1 Å². The zero-order chi connectivity index (χ0) is 21.8. The van der Waals surface area contributed by atoms with E-state index in [-0.39, 0.29) is 5.82 Å². The van der Waals surface area contributed by atoms with Crippen LogP contribution in [-0.4, -0.2) is 21.2 Å². The van der Waals surface area contributed by atoms with Crippen molar-refractivity contribution in [3.63, 3.8) is 0 Å². The molecular formula is C26H23FN4. The predicted molar refractivity (Wildman–Crippen MR) is 125 cm³/mol. The number of aliphatic imine (C=N–C) groups is 1. The van der Waals surface area contributed by atoms with Crippen LogP contribution < -0.4 is 10.4 Å². The van der Waals surface area contributed by atoms with Gasteiger partial charge in [-0.1, -0.05) is 36.9 Å². The van der Waals surface area contributed by atoms with Gasteiger partial charge in [-0.3, -0.25) is 4.99 Å². The van der Waals surface area contributed by atoms with Crippen LogP contribution in [0.3, 0.4) is 0 Å².